The maximum Gasteiger partial charge on any atom is 0.251 e. The molecule has 0 saturated heterocycles. The van der Waals surface area contributed by atoms with Gasteiger partial charge in [0, 0.05) is 18.7 Å². The molecule has 6 heteroatoms. The fourth-order valence-corrected chi connectivity index (χ4v) is 4.56. The van der Waals surface area contributed by atoms with E-state index in [1.54, 1.807) is 19.2 Å². The lowest BCUT2D eigenvalue weighted by Gasteiger charge is -2.22. The molecule has 1 unspecified atom stereocenters. The van der Waals surface area contributed by atoms with Gasteiger partial charge in [0.25, 0.3) is 5.91 Å². The minimum atomic E-state index is -3.63. The SMILES string of the molecule is Cc1ccc(C(NC(=O)c2cccc(S(=O)(=O)N(C)C(C)C)c2)C2CC2)cc1. The van der Waals surface area contributed by atoms with Crippen molar-refractivity contribution in [3.05, 3.63) is 65.2 Å². The lowest BCUT2D eigenvalue weighted by molar-refractivity contribution is 0.0931. The lowest BCUT2D eigenvalue weighted by atomic mass is 10.0. The lowest BCUT2D eigenvalue weighted by Crippen LogP contribution is -2.33. The van der Waals surface area contributed by atoms with E-state index >= 15 is 0 Å². The molecule has 0 heterocycles. The number of sulfonamides is 1. The van der Waals surface area contributed by atoms with E-state index in [-0.39, 0.29) is 22.9 Å². The van der Waals surface area contributed by atoms with E-state index in [0.29, 0.717) is 11.5 Å². The van der Waals surface area contributed by atoms with Crippen LogP contribution in [-0.2, 0) is 10.0 Å². The Morgan fingerprint density at radius 3 is 2.32 bits per heavy atom. The molecule has 1 aliphatic rings. The van der Waals surface area contributed by atoms with Gasteiger partial charge in [0.15, 0.2) is 0 Å². The third-order valence-corrected chi connectivity index (χ3v) is 7.35. The fraction of sp³-hybridized carbons (Fsp3) is 0.409. The number of nitrogens with zero attached hydrogens (tertiary/aromatic N) is 1. The van der Waals surface area contributed by atoms with E-state index in [1.165, 1.54) is 22.0 Å². The van der Waals surface area contributed by atoms with E-state index < -0.39 is 10.0 Å². The molecule has 3 rings (SSSR count). The number of aryl methyl sites for hydroxylation is 1. The molecule has 2 aromatic rings. The van der Waals surface area contributed by atoms with Gasteiger partial charge in [-0.25, -0.2) is 8.42 Å². The molecule has 2 aromatic carbocycles. The topological polar surface area (TPSA) is 66.5 Å². The van der Waals surface area contributed by atoms with E-state index in [2.05, 4.69) is 17.4 Å². The summed E-state index contributed by atoms with van der Waals surface area (Å²) in [6.07, 6.45) is 2.18. The molecule has 1 atom stereocenters. The normalized spacial score (nSPS) is 15.6. The Morgan fingerprint density at radius 2 is 1.75 bits per heavy atom. The summed E-state index contributed by atoms with van der Waals surface area (Å²) in [6, 6.07) is 14.3. The van der Waals surface area contributed by atoms with Crippen LogP contribution in [0.15, 0.2) is 53.4 Å². The van der Waals surface area contributed by atoms with Crippen molar-refractivity contribution < 1.29 is 13.2 Å². The molecule has 5 nitrogen and oxygen atoms in total. The van der Waals surface area contributed by atoms with Crippen LogP contribution in [0.25, 0.3) is 0 Å². The van der Waals surface area contributed by atoms with Gasteiger partial charge in [0.2, 0.25) is 10.0 Å². The summed E-state index contributed by atoms with van der Waals surface area (Å²) in [5.74, 6) is 0.187. The number of benzene rings is 2. The highest BCUT2D eigenvalue weighted by atomic mass is 32.2. The average molecular weight is 401 g/mol. The Morgan fingerprint density at radius 1 is 1.11 bits per heavy atom. The van der Waals surface area contributed by atoms with Crippen molar-refractivity contribution in [1.82, 2.24) is 9.62 Å². The Hall–Kier alpha value is -2.18. The van der Waals surface area contributed by atoms with Gasteiger partial charge in [0.1, 0.15) is 0 Å². The molecule has 1 fully saturated rings. The van der Waals surface area contributed by atoms with Crippen LogP contribution in [0.4, 0.5) is 0 Å². The van der Waals surface area contributed by atoms with Gasteiger partial charge in [-0.05, 0) is 63.3 Å². The maximum absolute atomic E-state index is 12.9. The number of hydrogen-bond acceptors (Lipinski definition) is 3. The summed E-state index contributed by atoms with van der Waals surface area (Å²) in [6.45, 7) is 5.67. The molecular formula is C22H28N2O3S. The van der Waals surface area contributed by atoms with Gasteiger partial charge in [0.05, 0.1) is 10.9 Å². The molecule has 0 aromatic heterocycles. The summed E-state index contributed by atoms with van der Waals surface area (Å²) < 4.78 is 26.8. The highest BCUT2D eigenvalue weighted by Gasteiger charge is 2.33. The number of carbonyl (C=O) groups is 1. The zero-order valence-electron chi connectivity index (χ0n) is 16.8. The van der Waals surface area contributed by atoms with Crippen molar-refractivity contribution >= 4 is 15.9 Å². The summed E-state index contributed by atoms with van der Waals surface area (Å²) >= 11 is 0. The molecule has 1 amide bonds. The van der Waals surface area contributed by atoms with Gasteiger partial charge in [-0.3, -0.25) is 4.79 Å². The summed E-state index contributed by atoms with van der Waals surface area (Å²) in [5, 5.41) is 3.11. The van der Waals surface area contributed by atoms with Crippen LogP contribution < -0.4 is 5.32 Å². The molecule has 0 aliphatic heterocycles. The number of hydrogen-bond donors (Lipinski definition) is 1. The third kappa shape index (κ3) is 4.45. The predicted molar refractivity (Wildman–Crippen MR) is 111 cm³/mol. The van der Waals surface area contributed by atoms with Gasteiger partial charge in [-0.15, -0.1) is 0 Å². The first-order valence-corrected chi connectivity index (χ1v) is 11.1. The van der Waals surface area contributed by atoms with Crippen LogP contribution in [0, 0.1) is 12.8 Å². The highest BCUT2D eigenvalue weighted by molar-refractivity contribution is 7.89. The van der Waals surface area contributed by atoms with Crippen molar-refractivity contribution in [2.45, 2.75) is 50.6 Å². The first-order valence-electron chi connectivity index (χ1n) is 9.65. The highest BCUT2D eigenvalue weighted by Crippen LogP contribution is 2.41. The quantitative estimate of drug-likeness (QED) is 0.766. The molecule has 1 saturated carbocycles. The average Bonchev–Trinajstić information content (AvgIpc) is 3.51. The molecule has 28 heavy (non-hydrogen) atoms. The number of amides is 1. The molecule has 1 aliphatic carbocycles. The van der Waals surface area contributed by atoms with Crippen molar-refractivity contribution in [3.63, 3.8) is 0 Å². The van der Waals surface area contributed by atoms with Crippen LogP contribution >= 0.6 is 0 Å². The number of carbonyl (C=O) groups excluding carboxylic acids is 1. The number of nitrogens with one attached hydrogen (secondary N) is 1. The first-order chi connectivity index (χ1) is 13.2. The molecule has 0 radical (unpaired) electrons. The largest absolute Gasteiger partial charge is 0.345 e. The Labute approximate surface area is 167 Å². The van der Waals surface area contributed by atoms with E-state index in [4.69, 9.17) is 0 Å². The summed E-state index contributed by atoms with van der Waals surface area (Å²) in [5.41, 5.74) is 2.62. The standard InChI is InChI=1S/C22H28N2O3S/c1-15(2)24(4)28(26,27)20-7-5-6-19(14-20)22(25)23-21(18-12-13-18)17-10-8-16(3)9-11-17/h5-11,14-15,18,21H,12-13H2,1-4H3,(H,23,25). The van der Waals surface area contributed by atoms with Gasteiger partial charge in [-0.1, -0.05) is 35.9 Å². The predicted octanol–water partition coefficient (Wildman–Crippen LogP) is 3.91. The molecular weight excluding hydrogens is 372 g/mol. The van der Waals surface area contributed by atoms with Crippen molar-refractivity contribution in [3.8, 4) is 0 Å². The van der Waals surface area contributed by atoms with Crippen molar-refractivity contribution in [1.29, 1.82) is 0 Å². The molecule has 0 bridgehead atoms. The van der Waals surface area contributed by atoms with E-state index in [1.807, 2.05) is 32.9 Å². The second-order valence-corrected chi connectivity index (χ2v) is 9.84. The monoisotopic (exact) mass is 400 g/mol. The second-order valence-electron chi connectivity index (χ2n) is 7.84. The third-order valence-electron chi connectivity index (χ3n) is 5.32. The first kappa shape index (κ1) is 20.6. The van der Waals surface area contributed by atoms with E-state index in [0.717, 1.165) is 18.4 Å². The summed E-state index contributed by atoms with van der Waals surface area (Å²) in [4.78, 5) is 13.0. The van der Waals surface area contributed by atoms with Crippen molar-refractivity contribution in [2.75, 3.05) is 7.05 Å². The fourth-order valence-electron chi connectivity index (χ4n) is 3.14. The zero-order chi connectivity index (χ0) is 20.5. The van der Waals surface area contributed by atoms with Crippen LogP contribution in [0.3, 0.4) is 0 Å². The summed E-state index contributed by atoms with van der Waals surface area (Å²) in [7, 11) is -2.08. The van der Waals surface area contributed by atoms with E-state index in [9.17, 15) is 13.2 Å². The van der Waals surface area contributed by atoms with Crippen LogP contribution in [0.2, 0.25) is 0 Å². The molecule has 150 valence electrons. The second kappa shape index (κ2) is 8.05. The Kier molecular flexibility index (Phi) is 5.91. The van der Waals surface area contributed by atoms with Gasteiger partial charge in [-0.2, -0.15) is 4.31 Å². The molecule has 1 N–H and O–H groups in total. The van der Waals surface area contributed by atoms with Crippen LogP contribution in [0.5, 0.6) is 0 Å². The zero-order valence-corrected chi connectivity index (χ0v) is 17.7. The van der Waals surface area contributed by atoms with Crippen molar-refractivity contribution in [2.24, 2.45) is 5.92 Å². The number of rotatable bonds is 7. The minimum absolute atomic E-state index is 0.0494. The maximum atomic E-state index is 12.9. The smallest absolute Gasteiger partial charge is 0.251 e. The van der Waals surface area contributed by atoms with Gasteiger partial charge >= 0.3 is 0 Å². The van der Waals surface area contributed by atoms with Crippen LogP contribution in [0.1, 0.15) is 54.2 Å². The van der Waals surface area contributed by atoms with Crippen LogP contribution in [-0.4, -0.2) is 31.7 Å². The Balaban J connectivity index is 1.83. The molecule has 0 spiro atoms. The van der Waals surface area contributed by atoms with Gasteiger partial charge < -0.3 is 5.32 Å². The Bertz CT molecular complexity index is 948. The minimum Gasteiger partial charge on any atom is -0.345 e.